The summed E-state index contributed by atoms with van der Waals surface area (Å²) >= 11 is 3.03. The zero-order valence-corrected chi connectivity index (χ0v) is 38.3. The van der Waals surface area contributed by atoms with Crippen molar-refractivity contribution in [1.29, 1.82) is 0 Å². The van der Waals surface area contributed by atoms with Crippen LogP contribution in [-0.4, -0.2) is 76.9 Å². The Kier molecular flexibility index (Phi) is 19.3. The third kappa shape index (κ3) is 18.0. The topological polar surface area (TPSA) is 151 Å². The van der Waals surface area contributed by atoms with Gasteiger partial charge in [-0.15, -0.1) is 0 Å². The third-order valence-electron chi connectivity index (χ3n) is 9.31. The molecule has 2 aromatic carbocycles. The summed E-state index contributed by atoms with van der Waals surface area (Å²) in [6, 6.07) is 7.95. The molecule has 0 heterocycles. The van der Waals surface area contributed by atoms with Gasteiger partial charge in [-0.05, 0) is 67.9 Å². The molecule has 320 valence electrons. The van der Waals surface area contributed by atoms with Crippen LogP contribution >= 0.6 is 23.5 Å². The van der Waals surface area contributed by atoms with Crippen LogP contribution in [0.4, 0.5) is 0 Å². The smallest absolute Gasteiger partial charge is 0.306 e. The number of thioether (sulfide) groups is 2. The van der Waals surface area contributed by atoms with E-state index in [2.05, 4.69) is 93.7 Å². The standard InChI is InChI=1S/C45H70N2O8S2/c1-42(2,3)32-25-30(26-33(40(32)52)43(4,5)6)13-15-38(50)54-19-23-56-21-17-36(48)46-29-47-37(49)18-22-57-24-20-55-39(51)16-14-31-27-34(44(7,8)9)41(53)35(28-31)45(10,11)12/h25-28,52-53H,13-24,29H2,1-12H3,(H,46,48)(H,47,49). The summed E-state index contributed by atoms with van der Waals surface area (Å²) < 4.78 is 10.8. The van der Waals surface area contributed by atoms with Crippen LogP contribution in [0.2, 0.25) is 0 Å². The molecule has 0 aliphatic carbocycles. The number of carbonyl (C=O) groups is 4. The number of aryl methyl sites for hydroxylation is 2. The van der Waals surface area contributed by atoms with E-state index < -0.39 is 0 Å². The van der Waals surface area contributed by atoms with Gasteiger partial charge in [0.1, 0.15) is 24.7 Å². The molecule has 0 saturated carbocycles. The van der Waals surface area contributed by atoms with Crippen LogP contribution in [0.1, 0.15) is 142 Å². The van der Waals surface area contributed by atoms with E-state index in [1.54, 1.807) is 0 Å². The first-order valence-electron chi connectivity index (χ1n) is 20.0. The molecule has 0 aromatic heterocycles. The molecular formula is C45H70N2O8S2. The lowest BCUT2D eigenvalue weighted by Crippen LogP contribution is -2.37. The highest BCUT2D eigenvalue weighted by Gasteiger charge is 2.28. The summed E-state index contributed by atoms with van der Waals surface area (Å²) in [6.45, 7) is 25.3. The predicted octanol–water partition coefficient (Wildman–Crippen LogP) is 8.38. The Morgan fingerprint density at radius 2 is 0.807 bits per heavy atom. The Balaban J connectivity index is 1.54. The molecule has 12 heteroatoms. The number of benzene rings is 2. The molecule has 0 aliphatic heterocycles. The first kappa shape index (κ1) is 49.8. The quantitative estimate of drug-likeness (QED) is 0.0582. The number of phenolic OH excluding ortho intramolecular Hbond substituents is 2. The second-order valence-corrected chi connectivity index (χ2v) is 21.1. The minimum absolute atomic E-state index is 0.0489. The predicted molar refractivity (Wildman–Crippen MR) is 235 cm³/mol. The Labute approximate surface area is 350 Å². The highest BCUT2D eigenvalue weighted by molar-refractivity contribution is 7.99. The van der Waals surface area contributed by atoms with Crippen LogP contribution in [0.15, 0.2) is 24.3 Å². The van der Waals surface area contributed by atoms with Crippen LogP contribution < -0.4 is 10.6 Å². The van der Waals surface area contributed by atoms with Gasteiger partial charge in [-0.2, -0.15) is 23.5 Å². The van der Waals surface area contributed by atoms with Crippen LogP contribution in [0.25, 0.3) is 0 Å². The highest BCUT2D eigenvalue weighted by Crippen LogP contribution is 2.41. The molecule has 0 radical (unpaired) electrons. The van der Waals surface area contributed by atoms with E-state index in [1.165, 1.54) is 23.5 Å². The number of phenols is 2. The van der Waals surface area contributed by atoms with Crippen molar-refractivity contribution in [3.8, 4) is 11.5 Å². The molecule has 0 saturated heterocycles. The van der Waals surface area contributed by atoms with E-state index in [0.717, 1.165) is 33.4 Å². The summed E-state index contributed by atoms with van der Waals surface area (Å²) in [4.78, 5) is 49.2. The van der Waals surface area contributed by atoms with E-state index in [1.807, 2.05) is 24.3 Å². The third-order valence-corrected chi connectivity index (χ3v) is 11.2. The van der Waals surface area contributed by atoms with Crippen molar-refractivity contribution in [1.82, 2.24) is 10.6 Å². The average molecular weight is 831 g/mol. The molecule has 2 aromatic rings. The van der Waals surface area contributed by atoms with Crippen molar-refractivity contribution >= 4 is 47.3 Å². The maximum absolute atomic E-state index is 12.4. The SMILES string of the molecule is CC(C)(C)c1cc(CCC(=O)OCCSCCC(=O)NCNC(=O)CCSCCOC(=O)CCc2cc(C(C)(C)C)c(O)c(C(C)(C)C)c2)cc(C(C)(C)C)c1O. The van der Waals surface area contributed by atoms with Gasteiger partial charge >= 0.3 is 11.9 Å². The largest absolute Gasteiger partial charge is 0.507 e. The zero-order chi connectivity index (χ0) is 43.2. The highest BCUT2D eigenvalue weighted by atomic mass is 32.2. The van der Waals surface area contributed by atoms with Gasteiger partial charge in [0.05, 0.1) is 6.67 Å². The number of amides is 2. The lowest BCUT2D eigenvalue weighted by Gasteiger charge is -2.28. The van der Waals surface area contributed by atoms with Crippen LogP contribution in [0.5, 0.6) is 11.5 Å². The molecule has 0 unspecified atom stereocenters. The van der Waals surface area contributed by atoms with Crippen LogP contribution in [0, 0.1) is 0 Å². The molecule has 10 nitrogen and oxygen atoms in total. The van der Waals surface area contributed by atoms with Gasteiger partial charge in [0, 0.05) is 48.7 Å². The van der Waals surface area contributed by atoms with Crippen molar-refractivity contribution < 1.29 is 38.9 Å². The first-order chi connectivity index (χ1) is 26.3. The van der Waals surface area contributed by atoms with Gasteiger partial charge in [0.25, 0.3) is 0 Å². The molecule has 0 fully saturated rings. The molecule has 0 atom stereocenters. The minimum Gasteiger partial charge on any atom is -0.507 e. The summed E-state index contributed by atoms with van der Waals surface area (Å²) in [6.07, 6.45) is 2.09. The van der Waals surface area contributed by atoms with E-state index in [9.17, 15) is 29.4 Å². The Hall–Kier alpha value is -3.38. The lowest BCUT2D eigenvalue weighted by molar-refractivity contribution is -0.143. The molecule has 0 aliphatic rings. The minimum atomic E-state index is -0.281. The fraction of sp³-hybridized carbons (Fsp3) is 0.644. The van der Waals surface area contributed by atoms with Gasteiger partial charge in [-0.1, -0.05) is 107 Å². The number of aromatic hydroxyl groups is 2. The summed E-state index contributed by atoms with van der Waals surface area (Å²) in [5.74, 6) is 1.99. The normalized spacial score (nSPS) is 12.3. The van der Waals surface area contributed by atoms with Crippen molar-refractivity contribution in [3.05, 3.63) is 57.6 Å². The Bertz CT molecular complexity index is 1470. The summed E-state index contributed by atoms with van der Waals surface area (Å²) in [5, 5.41) is 27.2. The van der Waals surface area contributed by atoms with E-state index in [4.69, 9.17) is 9.47 Å². The zero-order valence-electron chi connectivity index (χ0n) is 36.7. The monoisotopic (exact) mass is 830 g/mol. The van der Waals surface area contributed by atoms with Crippen molar-refractivity contribution in [3.63, 3.8) is 0 Å². The number of rotatable bonds is 20. The van der Waals surface area contributed by atoms with E-state index in [0.29, 0.717) is 47.4 Å². The fourth-order valence-electron chi connectivity index (χ4n) is 5.98. The average Bonchev–Trinajstić information content (AvgIpc) is 3.08. The van der Waals surface area contributed by atoms with Gasteiger partial charge in [0.2, 0.25) is 11.8 Å². The summed E-state index contributed by atoms with van der Waals surface area (Å²) in [5.41, 5.74) is 4.52. The van der Waals surface area contributed by atoms with Crippen molar-refractivity contribution in [2.75, 3.05) is 42.9 Å². The van der Waals surface area contributed by atoms with Gasteiger partial charge in [-0.25, -0.2) is 0 Å². The molecule has 57 heavy (non-hydrogen) atoms. The number of ether oxygens (including phenoxy) is 2. The molecule has 2 amide bonds. The van der Waals surface area contributed by atoms with E-state index >= 15 is 0 Å². The van der Waals surface area contributed by atoms with E-state index in [-0.39, 0.29) is 91.0 Å². The number of hydrogen-bond donors (Lipinski definition) is 4. The fourth-order valence-corrected chi connectivity index (χ4v) is 7.45. The maximum atomic E-state index is 12.4. The van der Waals surface area contributed by atoms with Crippen molar-refractivity contribution in [2.24, 2.45) is 0 Å². The first-order valence-corrected chi connectivity index (χ1v) is 22.4. The molecule has 2 rings (SSSR count). The van der Waals surface area contributed by atoms with Crippen molar-refractivity contribution in [2.45, 2.75) is 143 Å². The van der Waals surface area contributed by atoms with Crippen LogP contribution in [-0.2, 0) is 63.2 Å². The second-order valence-electron chi connectivity index (χ2n) is 18.6. The second kappa shape index (κ2) is 22.1. The Morgan fingerprint density at radius 1 is 0.509 bits per heavy atom. The number of nitrogens with one attached hydrogen (secondary N) is 2. The molecular weight excluding hydrogens is 761 g/mol. The van der Waals surface area contributed by atoms with Gasteiger partial charge < -0.3 is 30.3 Å². The van der Waals surface area contributed by atoms with Gasteiger partial charge in [-0.3, -0.25) is 19.2 Å². The van der Waals surface area contributed by atoms with Gasteiger partial charge in [0.15, 0.2) is 0 Å². The lowest BCUT2D eigenvalue weighted by atomic mass is 9.78. The molecule has 0 bridgehead atoms. The number of hydrogen-bond acceptors (Lipinski definition) is 10. The van der Waals surface area contributed by atoms with Crippen LogP contribution in [0.3, 0.4) is 0 Å². The molecule has 4 N–H and O–H groups in total. The maximum Gasteiger partial charge on any atom is 0.306 e. The molecule has 0 spiro atoms. The number of esters is 2. The Morgan fingerprint density at radius 3 is 1.09 bits per heavy atom. The summed E-state index contributed by atoms with van der Waals surface area (Å²) in [7, 11) is 0. The number of carbonyl (C=O) groups excluding carboxylic acids is 4.